The van der Waals surface area contributed by atoms with Crippen molar-refractivity contribution < 1.29 is 0 Å². The van der Waals surface area contributed by atoms with Gasteiger partial charge in [-0.3, -0.25) is 4.99 Å². The standard InChI is InChI=1S/C16H21N/c1-5-6-7-10-14-11-8-9-12-15(14)17-13-16(2,3)4/h8-9,11-13H,5-6H2,1-4H3. The summed E-state index contributed by atoms with van der Waals surface area (Å²) in [4.78, 5) is 4.53. The number of hydrogen-bond donors (Lipinski definition) is 0. The lowest BCUT2D eigenvalue weighted by Crippen LogP contribution is -2.05. The third kappa shape index (κ3) is 5.36. The molecular formula is C16H21N. The Morgan fingerprint density at radius 3 is 2.59 bits per heavy atom. The molecule has 0 aromatic heterocycles. The molecule has 0 N–H and O–H groups in total. The molecule has 1 aromatic carbocycles. The Balaban J connectivity index is 2.94. The Labute approximate surface area is 105 Å². The fourth-order valence-electron chi connectivity index (χ4n) is 1.24. The van der Waals surface area contributed by atoms with Gasteiger partial charge in [0.25, 0.3) is 0 Å². The highest BCUT2D eigenvalue weighted by atomic mass is 14.7. The van der Waals surface area contributed by atoms with Gasteiger partial charge in [0.2, 0.25) is 0 Å². The minimum Gasteiger partial charge on any atom is -0.259 e. The Kier molecular flexibility index (Phi) is 4.97. The van der Waals surface area contributed by atoms with Crippen molar-refractivity contribution in [2.45, 2.75) is 40.5 Å². The number of unbranched alkanes of at least 4 members (excludes halogenated alkanes) is 1. The molecule has 0 aliphatic heterocycles. The van der Waals surface area contributed by atoms with Crippen molar-refractivity contribution >= 4 is 11.9 Å². The maximum atomic E-state index is 4.53. The summed E-state index contributed by atoms with van der Waals surface area (Å²) in [6, 6.07) is 8.04. The van der Waals surface area contributed by atoms with Gasteiger partial charge in [0, 0.05) is 12.6 Å². The van der Waals surface area contributed by atoms with Gasteiger partial charge in [0.1, 0.15) is 0 Å². The van der Waals surface area contributed by atoms with Crippen molar-refractivity contribution in [2.75, 3.05) is 0 Å². The summed E-state index contributed by atoms with van der Waals surface area (Å²) >= 11 is 0. The van der Waals surface area contributed by atoms with Crippen LogP contribution in [0.4, 0.5) is 5.69 Å². The van der Waals surface area contributed by atoms with E-state index in [2.05, 4.69) is 44.5 Å². The molecule has 1 heteroatoms. The molecule has 0 aliphatic rings. The Morgan fingerprint density at radius 2 is 1.94 bits per heavy atom. The summed E-state index contributed by atoms with van der Waals surface area (Å²) in [6.07, 6.45) is 4.02. The van der Waals surface area contributed by atoms with Crippen LogP contribution < -0.4 is 0 Å². The predicted octanol–water partition coefficient (Wildman–Crippen LogP) is 4.59. The maximum absolute atomic E-state index is 4.53. The van der Waals surface area contributed by atoms with Crippen LogP contribution in [0.1, 0.15) is 46.1 Å². The smallest absolute Gasteiger partial charge is 0.0782 e. The SMILES string of the molecule is CCCC#Cc1ccccc1N=CC(C)(C)C. The second-order valence-electron chi connectivity index (χ2n) is 5.19. The highest BCUT2D eigenvalue weighted by Crippen LogP contribution is 2.19. The molecule has 17 heavy (non-hydrogen) atoms. The van der Waals surface area contributed by atoms with E-state index >= 15 is 0 Å². The fraction of sp³-hybridized carbons (Fsp3) is 0.438. The van der Waals surface area contributed by atoms with E-state index in [0.29, 0.717) is 0 Å². The van der Waals surface area contributed by atoms with E-state index in [4.69, 9.17) is 0 Å². The molecule has 0 bridgehead atoms. The first-order valence-corrected chi connectivity index (χ1v) is 6.16. The van der Waals surface area contributed by atoms with Gasteiger partial charge in [0.05, 0.1) is 11.3 Å². The number of benzene rings is 1. The Hall–Kier alpha value is -1.55. The predicted molar refractivity (Wildman–Crippen MR) is 75.8 cm³/mol. The molecule has 0 aliphatic carbocycles. The molecule has 0 spiro atoms. The van der Waals surface area contributed by atoms with E-state index in [-0.39, 0.29) is 5.41 Å². The zero-order valence-electron chi connectivity index (χ0n) is 11.2. The van der Waals surface area contributed by atoms with Crippen LogP contribution in [0.3, 0.4) is 0 Å². The minimum absolute atomic E-state index is 0.101. The van der Waals surface area contributed by atoms with Crippen LogP contribution in [0.5, 0.6) is 0 Å². The average Bonchev–Trinajstić information content (AvgIpc) is 2.27. The van der Waals surface area contributed by atoms with E-state index in [1.54, 1.807) is 0 Å². The van der Waals surface area contributed by atoms with Crippen LogP contribution in [-0.4, -0.2) is 6.21 Å². The lowest BCUT2D eigenvalue weighted by atomic mass is 9.99. The zero-order valence-corrected chi connectivity index (χ0v) is 11.2. The zero-order chi connectivity index (χ0) is 12.7. The highest BCUT2D eigenvalue weighted by molar-refractivity contribution is 5.70. The number of nitrogens with zero attached hydrogens (tertiary/aromatic N) is 1. The van der Waals surface area contributed by atoms with Crippen molar-refractivity contribution in [3.8, 4) is 11.8 Å². The molecule has 0 atom stereocenters. The summed E-state index contributed by atoms with van der Waals surface area (Å²) < 4.78 is 0. The van der Waals surface area contributed by atoms with Crippen LogP contribution in [-0.2, 0) is 0 Å². The molecular weight excluding hydrogens is 206 g/mol. The molecule has 0 heterocycles. The van der Waals surface area contributed by atoms with Gasteiger partial charge in [0.15, 0.2) is 0 Å². The summed E-state index contributed by atoms with van der Waals surface area (Å²) in [5.74, 6) is 6.35. The van der Waals surface area contributed by atoms with Gasteiger partial charge in [-0.15, -0.1) is 0 Å². The number of para-hydroxylation sites is 1. The number of rotatable bonds is 2. The summed E-state index contributed by atoms with van der Waals surface area (Å²) in [6.45, 7) is 8.56. The third-order valence-electron chi connectivity index (χ3n) is 2.09. The largest absolute Gasteiger partial charge is 0.259 e. The topological polar surface area (TPSA) is 12.4 Å². The van der Waals surface area contributed by atoms with E-state index in [1.165, 1.54) is 0 Å². The average molecular weight is 227 g/mol. The first kappa shape index (κ1) is 13.5. The first-order valence-electron chi connectivity index (χ1n) is 6.16. The quantitative estimate of drug-likeness (QED) is 0.517. The molecule has 1 aromatic rings. The maximum Gasteiger partial charge on any atom is 0.0782 e. The van der Waals surface area contributed by atoms with Crippen molar-refractivity contribution in [3.05, 3.63) is 29.8 Å². The normalized spacial score (nSPS) is 11.3. The molecule has 90 valence electrons. The van der Waals surface area contributed by atoms with Crippen LogP contribution in [0.2, 0.25) is 0 Å². The van der Waals surface area contributed by atoms with Gasteiger partial charge in [-0.25, -0.2) is 0 Å². The Morgan fingerprint density at radius 1 is 1.24 bits per heavy atom. The lowest BCUT2D eigenvalue weighted by molar-refractivity contribution is 0.607. The molecule has 0 saturated heterocycles. The van der Waals surface area contributed by atoms with Crippen molar-refractivity contribution in [3.63, 3.8) is 0 Å². The van der Waals surface area contributed by atoms with Crippen molar-refractivity contribution in [2.24, 2.45) is 10.4 Å². The molecule has 0 saturated carbocycles. The van der Waals surface area contributed by atoms with Crippen molar-refractivity contribution in [1.82, 2.24) is 0 Å². The number of aliphatic imine (C=N–C) groups is 1. The molecule has 0 radical (unpaired) electrons. The van der Waals surface area contributed by atoms with E-state index < -0.39 is 0 Å². The van der Waals surface area contributed by atoms with Gasteiger partial charge in [-0.05, 0) is 24.0 Å². The van der Waals surface area contributed by atoms with Gasteiger partial charge >= 0.3 is 0 Å². The van der Waals surface area contributed by atoms with Gasteiger partial charge in [-0.1, -0.05) is 51.7 Å². The van der Waals surface area contributed by atoms with E-state index in [1.807, 2.05) is 30.5 Å². The first-order chi connectivity index (χ1) is 8.03. The molecule has 1 rings (SSSR count). The number of hydrogen-bond acceptors (Lipinski definition) is 1. The molecule has 0 unspecified atom stereocenters. The summed E-state index contributed by atoms with van der Waals surface area (Å²) in [5, 5.41) is 0. The van der Waals surface area contributed by atoms with Gasteiger partial charge in [-0.2, -0.15) is 0 Å². The minimum atomic E-state index is 0.101. The third-order valence-corrected chi connectivity index (χ3v) is 2.09. The lowest BCUT2D eigenvalue weighted by Gasteiger charge is -2.10. The molecule has 0 fully saturated rings. The fourth-order valence-corrected chi connectivity index (χ4v) is 1.24. The Bertz CT molecular complexity index is 439. The molecule has 0 amide bonds. The molecule has 1 nitrogen and oxygen atoms in total. The highest BCUT2D eigenvalue weighted by Gasteiger charge is 2.05. The second kappa shape index (κ2) is 6.25. The van der Waals surface area contributed by atoms with Crippen LogP contribution in [0, 0.1) is 17.3 Å². The monoisotopic (exact) mass is 227 g/mol. The van der Waals surface area contributed by atoms with Crippen LogP contribution in [0.15, 0.2) is 29.3 Å². The second-order valence-corrected chi connectivity index (χ2v) is 5.19. The van der Waals surface area contributed by atoms with Gasteiger partial charge < -0.3 is 0 Å². The summed E-state index contributed by atoms with van der Waals surface area (Å²) in [5.41, 5.74) is 2.08. The van der Waals surface area contributed by atoms with Crippen LogP contribution >= 0.6 is 0 Å². The van der Waals surface area contributed by atoms with Crippen molar-refractivity contribution in [1.29, 1.82) is 0 Å². The van der Waals surface area contributed by atoms with E-state index in [0.717, 1.165) is 24.1 Å². The van der Waals surface area contributed by atoms with E-state index in [9.17, 15) is 0 Å². The summed E-state index contributed by atoms with van der Waals surface area (Å²) in [7, 11) is 0. The van der Waals surface area contributed by atoms with Crippen LogP contribution in [0.25, 0.3) is 0 Å².